The molecule has 1 aliphatic rings. The van der Waals surface area contributed by atoms with Crippen LogP contribution in [0.4, 0.5) is 5.69 Å². The molecule has 25 heavy (non-hydrogen) atoms. The minimum atomic E-state index is 0.0828. The molecule has 0 saturated carbocycles. The molecule has 0 aliphatic carbocycles. The molecule has 0 fully saturated rings. The zero-order valence-electron chi connectivity index (χ0n) is 13.7. The first kappa shape index (κ1) is 14.2. The summed E-state index contributed by atoms with van der Waals surface area (Å²) in [6.07, 6.45) is 0.485. The van der Waals surface area contributed by atoms with Crippen LogP contribution in [0, 0.1) is 0 Å². The van der Waals surface area contributed by atoms with Crippen LogP contribution in [0.3, 0.4) is 0 Å². The van der Waals surface area contributed by atoms with E-state index in [-0.39, 0.29) is 11.8 Å². The molecule has 1 atom stereocenters. The average Bonchev–Trinajstić information content (AvgIpc) is 2.67. The van der Waals surface area contributed by atoms with Crippen molar-refractivity contribution in [3.63, 3.8) is 0 Å². The molecule has 0 radical (unpaired) electrons. The van der Waals surface area contributed by atoms with Gasteiger partial charge >= 0.3 is 0 Å². The number of benzene rings is 4. The lowest BCUT2D eigenvalue weighted by Crippen LogP contribution is -2.23. The zero-order valence-corrected chi connectivity index (χ0v) is 13.7. The average molecular weight is 323 g/mol. The third kappa shape index (κ3) is 2.22. The highest BCUT2D eigenvalue weighted by atomic mass is 16.1. The largest absolute Gasteiger partial charge is 0.325 e. The maximum atomic E-state index is 12.5. The van der Waals surface area contributed by atoms with Crippen molar-refractivity contribution >= 4 is 33.1 Å². The number of amides is 1. The Hall–Kier alpha value is -3.13. The predicted octanol–water partition coefficient (Wildman–Crippen LogP) is 5.47. The molecule has 4 aromatic rings. The topological polar surface area (TPSA) is 29.1 Å². The van der Waals surface area contributed by atoms with Gasteiger partial charge in [0.05, 0.1) is 5.69 Å². The second kappa shape index (κ2) is 5.45. The quantitative estimate of drug-likeness (QED) is 0.494. The number of carbonyl (C=O) groups is 1. The molecule has 4 aromatic carbocycles. The van der Waals surface area contributed by atoms with Gasteiger partial charge in [-0.3, -0.25) is 4.79 Å². The molecule has 1 amide bonds. The second-order valence-corrected chi connectivity index (χ2v) is 6.62. The molecule has 1 heterocycles. The summed E-state index contributed by atoms with van der Waals surface area (Å²) >= 11 is 0. The number of fused-ring (bicyclic) bond motifs is 4. The van der Waals surface area contributed by atoms with E-state index in [1.807, 2.05) is 12.1 Å². The Bertz CT molecular complexity index is 1120. The summed E-state index contributed by atoms with van der Waals surface area (Å²) in [6, 6.07) is 27.3. The molecule has 2 heteroatoms. The Balaban J connectivity index is 1.79. The number of rotatable bonds is 1. The van der Waals surface area contributed by atoms with Gasteiger partial charge in [0.25, 0.3) is 0 Å². The predicted molar refractivity (Wildman–Crippen MR) is 103 cm³/mol. The van der Waals surface area contributed by atoms with Crippen LogP contribution in [0.5, 0.6) is 0 Å². The van der Waals surface area contributed by atoms with E-state index in [4.69, 9.17) is 0 Å². The van der Waals surface area contributed by atoms with Crippen molar-refractivity contribution in [2.75, 3.05) is 5.32 Å². The highest BCUT2D eigenvalue weighted by Crippen LogP contribution is 2.42. The van der Waals surface area contributed by atoms with E-state index in [1.54, 1.807) is 0 Å². The summed E-state index contributed by atoms with van der Waals surface area (Å²) in [5.74, 6) is 0.168. The van der Waals surface area contributed by atoms with Crippen LogP contribution in [0.25, 0.3) is 21.5 Å². The van der Waals surface area contributed by atoms with Crippen molar-refractivity contribution in [3.8, 4) is 0 Å². The smallest absolute Gasteiger partial charge is 0.225 e. The summed E-state index contributed by atoms with van der Waals surface area (Å²) in [4.78, 5) is 12.5. The van der Waals surface area contributed by atoms with Crippen molar-refractivity contribution in [1.29, 1.82) is 0 Å². The summed E-state index contributed by atoms with van der Waals surface area (Å²) in [6.45, 7) is 0. The van der Waals surface area contributed by atoms with Gasteiger partial charge < -0.3 is 5.32 Å². The maximum Gasteiger partial charge on any atom is 0.225 e. The molecule has 5 rings (SSSR count). The molecule has 0 saturated heterocycles. The molecule has 0 spiro atoms. The van der Waals surface area contributed by atoms with E-state index in [0.29, 0.717) is 6.42 Å². The number of hydrogen-bond donors (Lipinski definition) is 1. The van der Waals surface area contributed by atoms with Gasteiger partial charge in [0.15, 0.2) is 0 Å². The van der Waals surface area contributed by atoms with Crippen LogP contribution in [-0.2, 0) is 4.79 Å². The minimum absolute atomic E-state index is 0.0828. The third-order valence-electron chi connectivity index (χ3n) is 5.19. The number of hydrogen-bond acceptors (Lipinski definition) is 1. The number of anilines is 1. The lowest BCUT2D eigenvalue weighted by molar-refractivity contribution is -0.116. The molecular weight excluding hydrogens is 306 g/mol. The fourth-order valence-electron chi connectivity index (χ4n) is 4.04. The number of carbonyl (C=O) groups excluding carboxylic acids is 1. The Kier molecular flexibility index (Phi) is 3.10. The first-order valence-corrected chi connectivity index (χ1v) is 8.60. The van der Waals surface area contributed by atoms with Gasteiger partial charge in [-0.2, -0.15) is 0 Å². The summed E-state index contributed by atoms with van der Waals surface area (Å²) in [5.41, 5.74) is 3.39. The highest BCUT2D eigenvalue weighted by molar-refractivity contribution is 6.06. The highest BCUT2D eigenvalue weighted by Gasteiger charge is 2.28. The minimum Gasteiger partial charge on any atom is -0.325 e. The molecule has 1 aliphatic heterocycles. The molecular formula is C23H17NO. The van der Waals surface area contributed by atoms with Crippen molar-refractivity contribution in [2.24, 2.45) is 0 Å². The van der Waals surface area contributed by atoms with Gasteiger partial charge in [-0.25, -0.2) is 0 Å². The first-order chi connectivity index (χ1) is 12.3. The van der Waals surface area contributed by atoms with E-state index in [1.165, 1.54) is 21.9 Å². The van der Waals surface area contributed by atoms with Gasteiger partial charge in [-0.05, 0) is 27.3 Å². The first-order valence-electron chi connectivity index (χ1n) is 8.60. The van der Waals surface area contributed by atoms with E-state index >= 15 is 0 Å². The summed E-state index contributed by atoms with van der Waals surface area (Å²) in [5, 5.41) is 7.82. The second-order valence-electron chi connectivity index (χ2n) is 6.62. The summed E-state index contributed by atoms with van der Waals surface area (Å²) < 4.78 is 0. The van der Waals surface area contributed by atoms with Crippen LogP contribution in [0.1, 0.15) is 23.5 Å². The normalized spacial score (nSPS) is 16.6. The molecule has 0 aromatic heterocycles. The van der Waals surface area contributed by atoms with Gasteiger partial charge in [0.2, 0.25) is 5.91 Å². The van der Waals surface area contributed by atoms with Crippen molar-refractivity contribution in [1.82, 2.24) is 0 Å². The lowest BCUT2D eigenvalue weighted by atomic mass is 9.81. The van der Waals surface area contributed by atoms with Crippen LogP contribution in [0.15, 0.2) is 78.9 Å². The monoisotopic (exact) mass is 323 g/mol. The van der Waals surface area contributed by atoms with E-state index in [0.717, 1.165) is 16.5 Å². The fourth-order valence-corrected chi connectivity index (χ4v) is 4.04. The Labute approximate surface area is 146 Å². The fraction of sp³-hybridized carbons (Fsp3) is 0.0870. The van der Waals surface area contributed by atoms with Gasteiger partial charge in [-0.15, -0.1) is 0 Å². The molecule has 1 unspecified atom stereocenters. The lowest BCUT2D eigenvalue weighted by Gasteiger charge is -2.28. The van der Waals surface area contributed by atoms with Crippen LogP contribution in [-0.4, -0.2) is 5.91 Å². The Morgan fingerprint density at radius 1 is 0.680 bits per heavy atom. The standard InChI is InChI=1S/C23H17NO/c25-22-14-21(19-11-5-8-15-6-1-3-9-17(15)19)20-13-12-16-7-2-4-10-18(16)23(20)24-22/h1-13,21H,14H2,(H,24,25). The summed E-state index contributed by atoms with van der Waals surface area (Å²) in [7, 11) is 0. The van der Waals surface area contributed by atoms with Crippen molar-refractivity contribution in [3.05, 3.63) is 90.0 Å². The molecule has 2 nitrogen and oxygen atoms in total. The van der Waals surface area contributed by atoms with Crippen LogP contribution >= 0.6 is 0 Å². The zero-order chi connectivity index (χ0) is 16.8. The van der Waals surface area contributed by atoms with Crippen molar-refractivity contribution in [2.45, 2.75) is 12.3 Å². The van der Waals surface area contributed by atoms with E-state index in [9.17, 15) is 4.79 Å². The molecule has 1 N–H and O–H groups in total. The van der Waals surface area contributed by atoms with E-state index < -0.39 is 0 Å². The third-order valence-corrected chi connectivity index (χ3v) is 5.19. The van der Waals surface area contributed by atoms with E-state index in [2.05, 4.69) is 72.0 Å². The molecule has 0 bridgehead atoms. The SMILES string of the molecule is O=C1CC(c2cccc3ccccc23)c2ccc3ccccc3c2N1. The maximum absolute atomic E-state index is 12.5. The Morgan fingerprint density at radius 2 is 1.36 bits per heavy atom. The Morgan fingerprint density at radius 3 is 2.20 bits per heavy atom. The van der Waals surface area contributed by atoms with Gasteiger partial charge in [0, 0.05) is 17.7 Å². The molecule has 120 valence electrons. The van der Waals surface area contributed by atoms with Crippen LogP contribution in [0.2, 0.25) is 0 Å². The number of nitrogens with one attached hydrogen (secondary N) is 1. The van der Waals surface area contributed by atoms with Crippen molar-refractivity contribution < 1.29 is 4.79 Å². The van der Waals surface area contributed by atoms with Gasteiger partial charge in [-0.1, -0.05) is 78.9 Å². The van der Waals surface area contributed by atoms with Crippen LogP contribution < -0.4 is 5.32 Å². The van der Waals surface area contributed by atoms with Gasteiger partial charge in [0.1, 0.15) is 0 Å².